The number of halogens is 1. The molecule has 2 N–H and O–H groups in total. The number of hydrogen-bond donors (Lipinski definition) is 2. The highest BCUT2D eigenvalue weighted by Crippen LogP contribution is 2.38. The smallest absolute Gasteiger partial charge is 0.252 e. The van der Waals surface area contributed by atoms with Gasteiger partial charge in [0.05, 0.1) is 17.9 Å². The molecule has 0 unspecified atom stereocenters. The Labute approximate surface area is 186 Å². The lowest BCUT2D eigenvalue weighted by molar-refractivity contribution is -0.118. The minimum absolute atomic E-state index is 0.276. The van der Waals surface area contributed by atoms with Crippen molar-refractivity contribution in [1.82, 2.24) is 10.8 Å². The molecule has 3 aromatic carbocycles. The standard InChI is InChI=1S/C26H25FN2O3/c1-2-31-22-15-9-7-13-20(22)24-23(25(32-29-24)19-11-4-3-5-12-19)26(30)28-17-16-18-10-6-8-14-21(18)27/h3-15,25,29H,2,16-17H2,1H3,(H,28,30)/t25-/m1/s1. The van der Waals surface area contributed by atoms with Crippen LogP contribution in [-0.4, -0.2) is 19.1 Å². The van der Waals surface area contributed by atoms with Gasteiger partial charge < -0.3 is 10.1 Å². The monoisotopic (exact) mass is 432 g/mol. The molecule has 0 spiro atoms. The SMILES string of the molecule is CCOc1ccccc1C1=C(C(=O)NCCc2ccccc2F)[C@@H](c2ccccc2)ON1. The van der Waals surface area contributed by atoms with E-state index in [9.17, 15) is 9.18 Å². The molecule has 0 aliphatic carbocycles. The van der Waals surface area contributed by atoms with Gasteiger partial charge in [0.15, 0.2) is 0 Å². The van der Waals surface area contributed by atoms with Crippen molar-refractivity contribution in [3.05, 3.63) is 107 Å². The summed E-state index contributed by atoms with van der Waals surface area (Å²) in [5.41, 5.74) is 6.12. The van der Waals surface area contributed by atoms with Crippen molar-refractivity contribution in [3.8, 4) is 5.75 Å². The highest BCUT2D eigenvalue weighted by Gasteiger charge is 2.34. The summed E-state index contributed by atoms with van der Waals surface area (Å²) in [6.45, 7) is 2.70. The Morgan fingerprint density at radius 1 is 1.03 bits per heavy atom. The maximum atomic E-state index is 13.9. The summed E-state index contributed by atoms with van der Waals surface area (Å²) in [6, 6.07) is 23.6. The average molecular weight is 432 g/mol. The molecule has 1 atom stereocenters. The summed E-state index contributed by atoms with van der Waals surface area (Å²) in [5.74, 6) is 0.105. The van der Waals surface area contributed by atoms with Crippen molar-refractivity contribution in [2.75, 3.05) is 13.2 Å². The van der Waals surface area contributed by atoms with Crippen LogP contribution >= 0.6 is 0 Å². The van der Waals surface area contributed by atoms with E-state index < -0.39 is 6.10 Å². The number of nitrogens with one attached hydrogen (secondary N) is 2. The Balaban J connectivity index is 1.64. The predicted molar refractivity (Wildman–Crippen MR) is 121 cm³/mol. The summed E-state index contributed by atoms with van der Waals surface area (Å²) in [7, 11) is 0. The number of benzene rings is 3. The van der Waals surface area contributed by atoms with Gasteiger partial charge in [0.2, 0.25) is 0 Å². The Morgan fingerprint density at radius 3 is 2.53 bits per heavy atom. The molecular weight excluding hydrogens is 407 g/mol. The Morgan fingerprint density at radius 2 is 1.75 bits per heavy atom. The highest BCUT2D eigenvalue weighted by atomic mass is 19.1. The lowest BCUT2D eigenvalue weighted by Gasteiger charge is -2.14. The van der Waals surface area contributed by atoms with E-state index in [1.165, 1.54) is 6.07 Å². The van der Waals surface area contributed by atoms with Crippen molar-refractivity contribution in [3.63, 3.8) is 0 Å². The van der Waals surface area contributed by atoms with Crippen molar-refractivity contribution in [1.29, 1.82) is 0 Å². The molecule has 0 fully saturated rings. The van der Waals surface area contributed by atoms with E-state index in [0.29, 0.717) is 42.2 Å². The Bertz CT molecular complexity index is 1110. The number of carbonyl (C=O) groups excluding carboxylic acids is 1. The number of rotatable bonds is 8. The highest BCUT2D eigenvalue weighted by molar-refractivity contribution is 6.03. The van der Waals surface area contributed by atoms with Crippen LogP contribution in [0.15, 0.2) is 84.4 Å². The molecule has 4 rings (SSSR count). The summed E-state index contributed by atoms with van der Waals surface area (Å²) in [4.78, 5) is 19.2. The first-order valence-corrected chi connectivity index (χ1v) is 10.6. The summed E-state index contributed by atoms with van der Waals surface area (Å²) < 4.78 is 19.7. The van der Waals surface area contributed by atoms with Crippen LogP contribution in [0.1, 0.15) is 29.7 Å². The van der Waals surface area contributed by atoms with Crippen molar-refractivity contribution in [2.24, 2.45) is 0 Å². The number of ether oxygens (including phenoxy) is 1. The quantitative estimate of drug-likeness (QED) is 0.548. The average Bonchev–Trinajstić information content (AvgIpc) is 3.26. The molecule has 0 bridgehead atoms. The van der Waals surface area contributed by atoms with Crippen LogP contribution in [0.5, 0.6) is 5.75 Å². The van der Waals surface area contributed by atoms with Gasteiger partial charge in [-0.05, 0) is 42.7 Å². The minimum atomic E-state index is -0.589. The molecule has 0 saturated heterocycles. The molecule has 6 heteroatoms. The number of hydroxylamine groups is 1. The molecule has 0 saturated carbocycles. The predicted octanol–water partition coefficient (Wildman–Crippen LogP) is 4.57. The van der Waals surface area contributed by atoms with Gasteiger partial charge in [0.1, 0.15) is 17.7 Å². The van der Waals surface area contributed by atoms with Crippen LogP contribution in [0, 0.1) is 5.82 Å². The minimum Gasteiger partial charge on any atom is -0.493 e. The molecular formula is C26H25FN2O3. The van der Waals surface area contributed by atoms with Crippen molar-refractivity contribution < 1.29 is 18.8 Å². The second-order valence-corrected chi connectivity index (χ2v) is 7.33. The molecule has 164 valence electrons. The van der Waals surface area contributed by atoms with Crippen molar-refractivity contribution in [2.45, 2.75) is 19.4 Å². The van der Waals surface area contributed by atoms with E-state index in [4.69, 9.17) is 9.57 Å². The van der Waals surface area contributed by atoms with E-state index >= 15 is 0 Å². The van der Waals surface area contributed by atoms with E-state index in [1.807, 2.05) is 61.5 Å². The third-order valence-electron chi connectivity index (χ3n) is 5.25. The topological polar surface area (TPSA) is 59.6 Å². The second kappa shape index (κ2) is 10.1. The largest absolute Gasteiger partial charge is 0.493 e. The zero-order valence-corrected chi connectivity index (χ0v) is 17.8. The van der Waals surface area contributed by atoms with Crippen LogP contribution in [-0.2, 0) is 16.1 Å². The first-order chi connectivity index (χ1) is 15.7. The summed E-state index contributed by atoms with van der Waals surface area (Å²) >= 11 is 0. The first-order valence-electron chi connectivity index (χ1n) is 10.6. The molecule has 1 aliphatic rings. The molecule has 0 radical (unpaired) electrons. The van der Waals surface area contributed by atoms with Crippen LogP contribution < -0.4 is 15.5 Å². The fraction of sp³-hybridized carbons (Fsp3) is 0.192. The fourth-order valence-corrected chi connectivity index (χ4v) is 3.72. The Kier molecular flexibility index (Phi) is 6.82. The van der Waals surface area contributed by atoms with E-state index in [0.717, 1.165) is 11.1 Å². The molecule has 1 heterocycles. The maximum absolute atomic E-state index is 13.9. The van der Waals surface area contributed by atoms with Gasteiger partial charge in [-0.15, -0.1) is 0 Å². The lowest BCUT2D eigenvalue weighted by Crippen LogP contribution is -2.29. The van der Waals surface area contributed by atoms with Crippen LogP contribution in [0.2, 0.25) is 0 Å². The van der Waals surface area contributed by atoms with Gasteiger partial charge in [-0.3, -0.25) is 15.1 Å². The molecule has 3 aromatic rings. The second-order valence-electron chi connectivity index (χ2n) is 7.33. The zero-order chi connectivity index (χ0) is 22.3. The number of para-hydroxylation sites is 1. The fourth-order valence-electron chi connectivity index (χ4n) is 3.72. The molecule has 5 nitrogen and oxygen atoms in total. The summed E-state index contributed by atoms with van der Waals surface area (Å²) in [5, 5.41) is 2.93. The molecule has 1 amide bonds. The van der Waals surface area contributed by atoms with Gasteiger partial charge >= 0.3 is 0 Å². The van der Waals surface area contributed by atoms with Crippen molar-refractivity contribution >= 4 is 11.6 Å². The van der Waals surface area contributed by atoms with Gasteiger partial charge in [-0.25, -0.2) is 4.39 Å². The molecule has 1 aliphatic heterocycles. The van der Waals surface area contributed by atoms with Crippen LogP contribution in [0.25, 0.3) is 5.70 Å². The van der Waals surface area contributed by atoms with E-state index in [1.54, 1.807) is 18.2 Å². The number of amides is 1. The van der Waals surface area contributed by atoms with Crippen LogP contribution in [0.4, 0.5) is 4.39 Å². The van der Waals surface area contributed by atoms with Gasteiger partial charge in [-0.2, -0.15) is 0 Å². The van der Waals surface area contributed by atoms with Crippen LogP contribution in [0.3, 0.4) is 0 Å². The lowest BCUT2D eigenvalue weighted by atomic mass is 9.96. The first kappa shape index (κ1) is 21.6. The normalized spacial score (nSPS) is 15.4. The molecule has 32 heavy (non-hydrogen) atoms. The van der Waals surface area contributed by atoms with E-state index in [-0.39, 0.29) is 11.7 Å². The Hall–Kier alpha value is -3.64. The number of carbonyl (C=O) groups is 1. The third-order valence-corrected chi connectivity index (χ3v) is 5.25. The molecule has 0 aromatic heterocycles. The number of hydrogen-bond acceptors (Lipinski definition) is 4. The third kappa shape index (κ3) is 4.65. The van der Waals surface area contributed by atoms with E-state index in [2.05, 4.69) is 10.8 Å². The van der Waals surface area contributed by atoms with Gasteiger partial charge in [0.25, 0.3) is 5.91 Å². The maximum Gasteiger partial charge on any atom is 0.252 e. The summed E-state index contributed by atoms with van der Waals surface area (Å²) in [6.07, 6.45) is -0.199. The van der Waals surface area contributed by atoms with Gasteiger partial charge in [0, 0.05) is 12.1 Å². The zero-order valence-electron chi connectivity index (χ0n) is 17.8. The van der Waals surface area contributed by atoms with Gasteiger partial charge in [-0.1, -0.05) is 60.7 Å².